The Hall–Kier alpha value is -2.97. The Kier molecular flexibility index (Phi) is 5.23. The van der Waals surface area contributed by atoms with E-state index in [0.29, 0.717) is 28.4 Å². The van der Waals surface area contributed by atoms with Crippen LogP contribution in [0.15, 0.2) is 36.4 Å². The number of aliphatic hydroxyl groups excluding tert-OH is 1. The number of ether oxygens (including phenoxy) is 3. The van der Waals surface area contributed by atoms with Crippen LogP contribution in [-0.2, 0) is 6.61 Å². The zero-order valence-corrected chi connectivity index (χ0v) is 12.8. The van der Waals surface area contributed by atoms with Gasteiger partial charge in [-0.3, -0.25) is 0 Å². The Labute approximate surface area is 134 Å². The van der Waals surface area contributed by atoms with E-state index >= 15 is 0 Å². The first-order valence-corrected chi connectivity index (χ1v) is 6.77. The van der Waals surface area contributed by atoms with Crippen molar-refractivity contribution in [2.24, 2.45) is 0 Å². The lowest BCUT2D eigenvalue weighted by Gasteiger charge is -2.13. The zero-order chi connectivity index (χ0) is 16.8. The summed E-state index contributed by atoms with van der Waals surface area (Å²) in [6, 6.07) is 9.59. The maximum atomic E-state index is 12.4. The van der Waals surface area contributed by atoms with Gasteiger partial charge < -0.3 is 19.3 Å². The summed E-state index contributed by atoms with van der Waals surface area (Å²) in [5.41, 5.74) is 1.40. The van der Waals surface area contributed by atoms with Gasteiger partial charge in [0.2, 0.25) is 0 Å². The minimum atomic E-state index is -0.599. The smallest absolute Gasteiger partial charge is 0.347 e. The highest BCUT2D eigenvalue weighted by atomic mass is 16.5. The summed E-state index contributed by atoms with van der Waals surface area (Å²) in [5, 5.41) is 9.32. The normalized spacial score (nSPS) is 9.83. The van der Waals surface area contributed by atoms with Crippen LogP contribution in [0.1, 0.15) is 21.5 Å². The third-order valence-corrected chi connectivity index (χ3v) is 3.22. The van der Waals surface area contributed by atoms with Gasteiger partial charge in [-0.05, 0) is 36.4 Å². The average Bonchev–Trinajstić information content (AvgIpc) is 2.60. The molecule has 0 heterocycles. The van der Waals surface area contributed by atoms with E-state index in [9.17, 15) is 9.90 Å². The van der Waals surface area contributed by atoms with Crippen molar-refractivity contribution in [3.05, 3.63) is 53.1 Å². The number of benzene rings is 2. The average molecular weight is 312 g/mol. The molecular weight excluding hydrogens is 296 g/mol. The Morgan fingerprint density at radius 2 is 1.78 bits per heavy atom. The van der Waals surface area contributed by atoms with E-state index in [1.165, 1.54) is 26.4 Å². The van der Waals surface area contributed by atoms with E-state index in [2.05, 4.69) is 5.92 Å². The van der Waals surface area contributed by atoms with Crippen molar-refractivity contribution in [2.45, 2.75) is 6.61 Å². The highest BCUT2D eigenvalue weighted by Gasteiger charge is 2.18. The van der Waals surface area contributed by atoms with Crippen molar-refractivity contribution in [3.63, 3.8) is 0 Å². The van der Waals surface area contributed by atoms with Gasteiger partial charge in [-0.25, -0.2) is 4.79 Å². The van der Waals surface area contributed by atoms with Crippen LogP contribution in [0.4, 0.5) is 0 Å². The van der Waals surface area contributed by atoms with Gasteiger partial charge in [0.25, 0.3) is 0 Å². The molecule has 0 atom stereocenters. The minimum Gasteiger partial charge on any atom is -0.496 e. The van der Waals surface area contributed by atoms with Crippen molar-refractivity contribution in [1.29, 1.82) is 0 Å². The maximum absolute atomic E-state index is 12.4. The van der Waals surface area contributed by atoms with E-state index in [0.717, 1.165) is 0 Å². The molecule has 0 saturated carbocycles. The molecule has 0 unspecified atom stereocenters. The van der Waals surface area contributed by atoms with Crippen molar-refractivity contribution in [3.8, 4) is 29.6 Å². The number of aliphatic hydroxyl groups is 1. The van der Waals surface area contributed by atoms with Crippen LogP contribution in [0.3, 0.4) is 0 Å². The molecule has 0 amide bonds. The maximum Gasteiger partial charge on any atom is 0.347 e. The lowest BCUT2D eigenvalue weighted by atomic mass is 10.1. The number of carbonyl (C=O) groups is 1. The molecule has 0 fully saturated rings. The molecule has 5 nitrogen and oxygen atoms in total. The van der Waals surface area contributed by atoms with Crippen LogP contribution in [0.25, 0.3) is 0 Å². The highest BCUT2D eigenvalue weighted by Crippen LogP contribution is 2.30. The summed E-state index contributed by atoms with van der Waals surface area (Å²) in [5.74, 6) is 2.92. The number of hydrogen-bond donors (Lipinski definition) is 1. The van der Waals surface area contributed by atoms with Gasteiger partial charge in [0.1, 0.15) is 22.8 Å². The Balaban J connectivity index is 2.32. The van der Waals surface area contributed by atoms with Crippen molar-refractivity contribution in [2.75, 3.05) is 14.2 Å². The fourth-order valence-corrected chi connectivity index (χ4v) is 2.03. The van der Waals surface area contributed by atoms with E-state index in [4.69, 9.17) is 20.6 Å². The Bertz CT molecular complexity index is 741. The van der Waals surface area contributed by atoms with Gasteiger partial charge in [-0.2, -0.15) is 0 Å². The summed E-state index contributed by atoms with van der Waals surface area (Å²) in [7, 11) is 2.89. The minimum absolute atomic E-state index is 0.197. The van der Waals surface area contributed by atoms with Crippen molar-refractivity contribution < 1.29 is 24.1 Å². The summed E-state index contributed by atoms with van der Waals surface area (Å²) < 4.78 is 15.7. The third kappa shape index (κ3) is 3.62. The lowest BCUT2D eigenvalue weighted by Crippen LogP contribution is -2.11. The Morgan fingerprint density at radius 1 is 1.13 bits per heavy atom. The molecule has 0 radical (unpaired) electrons. The second-order valence-corrected chi connectivity index (χ2v) is 4.58. The van der Waals surface area contributed by atoms with E-state index in [-0.39, 0.29) is 12.2 Å². The topological polar surface area (TPSA) is 65.0 Å². The van der Waals surface area contributed by atoms with Crippen molar-refractivity contribution in [1.82, 2.24) is 0 Å². The first-order chi connectivity index (χ1) is 11.1. The second-order valence-electron chi connectivity index (χ2n) is 4.58. The summed E-state index contributed by atoms with van der Waals surface area (Å²) in [4.78, 5) is 12.4. The first-order valence-electron chi connectivity index (χ1n) is 6.77. The van der Waals surface area contributed by atoms with Crippen LogP contribution in [0.2, 0.25) is 0 Å². The molecule has 0 bridgehead atoms. The molecule has 0 aliphatic carbocycles. The highest BCUT2D eigenvalue weighted by molar-refractivity contribution is 5.94. The summed E-state index contributed by atoms with van der Waals surface area (Å²) in [6.07, 6.45) is 5.28. The molecule has 5 heteroatoms. The fourth-order valence-electron chi connectivity index (χ4n) is 2.03. The molecule has 0 saturated heterocycles. The largest absolute Gasteiger partial charge is 0.496 e. The molecule has 2 aromatic carbocycles. The lowest BCUT2D eigenvalue weighted by molar-refractivity contribution is 0.0730. The molecule has 2 rings (SSSR count). The Morgan fingerprint density at radius 3 is 2.30 bits per heavy atom. The molecule has 0 aromatic heterocycles. The molecule has 1 N–H and O–H groups in total. The number of terminal acetylenes is 1. The standard InChI is InChI=1S/C18H16O5/c1-4-12-5-7-14(8-6-12)23-18(20)15-10-16(21-2)13(11-19)9-17(15)22-3/h1,5-10,19H,11H2,2-3H3. The quantitative estimate of drug-likeness (QED) is 0.522. The SMILES string of the molecule is C#Cc1ccc(OC(=O)c2cc(OC)c(CO)cc2OC)cc1. The predicted molar refractivity (Wildman–Crippen MR) is 84.8 cm³/mol. The molecule has 2 aromatic rings. The summed E-state index contributed by atoms with van der Waals surface area (Å²) in [6.45, 7) is -0.234. The van der Waals surface area contributed by atoms with Gasteiger partial charge in [0, 0.05) is 11.1 Å². The van der Waals surface area contributed by atoms with E-state index < -0.39 is 5.97 Å². The van der Waals surface area contributed by atoms with Gasteiger partial charge in [-0.15, -0.1) is 6.42 Å². The molecule has 118 valence electrons. The van der Waals surface area contributed by atoms with Gasteiger partial charge in [0.05, 0.1) is 20.8 Å². The van der Waals surface area contributed by atoms with Crippen LogP contribution in [0, 0.1) is 12.3 Å². The summed E-state index contributed by atoms with van der Waals surface area (Å²) >= 11 is 0. The van der Waals surface area contributed by atoms with Gasteiger partial charge in [0.15, 0.2) is 0 Å². The fraction of sp³-hybridized carbons (Fsp3) is 0.167. The second kappa shape index (κ2) is 7.34. The molecule has 0 aliphatic heterocycles. The molecule has 23 heavy (non-hydrogen) atoms. The number of carbonyl (C=O) groups excluding carboxylic acids is 1. The third-order valence-electron chi connectivity index (χ3n) is 3.22. The number of methoxy groups -OCH3 is 2. The molecule has 0 spiro atoms. The predicted octanol–water partition coefficient (Wildman–Crippen LogP) is 2.40. The van der Waals surface area contributed by atoms with Crippen LogP contribution >= 0.6 is 0 Å². The zero-order valence-electron chi connectivity index (χ0n) is 12.8. The van der Waals surface area contributed by atoms with Gasteiger partial charge >= 0.3 is 5.97 Å². The number of esters is 1. The van der Waals surface area contributed by atoms with Gasteiger partial charge in [-0.1, -0.05) is 5.92 Å². The first kappa shape index (κ1) is 16.4. The monoisotopic (exact) mass is 312 g/mol. The van der Waals surface area contributed by atoms with E-state index in [1.807, 2.05) is 0 Å². The number of rotatable bonds is 5. The number of hydrogen-bond acceptors (Lipinski definition) is 5. The van der Waals surface area contributed by atoms with Crippen LogP contribution < -0.4 is 14.2 Å². The van der Waals surface area contributed by atoms with Crippen LogP contribution in [-0.4, -0.2) is 25.3 Å². The molecule has 0 aliphatic rings. The van der Waals surface area contributed by atoms with Crippen LogP contribution in [0.5, 0.6) is 17.2 Å². The van der Waals surface area contributed by atoms with E-state index in [1.54, 1.807) is 24.3 Å². The van der Waals surface area contributed by atoms with Crippen molar-refractivity contribution >= 4 is 5.97 Å². The molecular formula is C18H16O5.